The van der Waals surface area contributed by atoms with Crippen molar-refractivity contribution in [1.82, 2.24) is 31.9 Å². The fraction of sp³-hybridized carbons (Fsp3) is 0.815. The Labute approximate surface area is 242 Å². The van der Waals surface area contributed by atoms with E-state index in [-0.39, 0.29) is 38.4 Å². The molecule has 234 valence electrons. The highest BCUT2D eigenvalue weighted by atomic mass is 16.6. The lowest BCUT2D eigenvalue weighted by atomic mass is 9.96. The molecule has 0 spiro atoms. The molecular formula is C27H48N6O8. The number of alkyl carbamates (subject to hydrolysis) is 2. The van der Waals surface area contributed by atoms with E-state index in [0.29, 0.717) is 25.8 Å². The molecule has 2 saturated carbocycles. The molecule has 0 aliphatic heterocycles. The Hall–Kier alpha value is -3.45. The molecule has 2 rings (SSSR count). The maximum atomic E-state index is 12.2. The third kappa shape index (κ3) is 15.8. The number of hydrogen-bond acceptors (Lipinski definition) is 8. The molecule has 0 aromatic carbocycles. The molecule has 2 aliphatic carbocycles. The van der Waals surface area contributed by atoms with Crippen LogP contribution in [0.3, 0.4) is 0 Å². The Bertz CT molecular complexity index is 818. The molecule has 2 fully saturated rings. The fourth-order valence-corrected chi connectivity index (χ4v) is 4.87. The SMILES string of the molecule is COC(=O)C(CCCCNC(=O)NCCOC(=O)NC1CCCCC1)NC(=O)NCCOC(=O)NC1CCCCC1. The van der Waals surface area contributed by atoms with Gasteiger partial charge in [0, 0.05) is 18.6 Å². The van der Waals surface area contributed by atoms with Crippen LogP contribution in [0.25, 0.3) is 0 Å². The topological polar surface area (TPSA) is 185 Å². The molecule has 2 aliphatic rings. The highest BCUT2D eigenvalue weighted by Gasteiger charge is 2.21. The van der Waals surface area contributed by atoms with E-state index < -0.39 is 36.3 Å². The lowest BCUT2D eigenvalue weighted by Crippen LogP contribution is -2.47. The number of carbonyl (C=O) groups is 5. The molecule has 14 heteroatoms. The molecule has 0 bridgehead atoms. The van der Waals surface area contributed by atoms with Gasteiger partial charge in [0.05, 0.1) is 20.2 Å². The number of urea groups is 2. The Kier molecular flexibility index (Phi) is 16.8. The van der Waals surface area contributed by atoms with E-state index in [0.717, 1.165) is 51.4 Å². The lowest BCUT2D eigenvalue weighted by molar-refractivity contribution is -0.143. The van der Waals surface area contributed by atoms with Crippen LogP contribution in [0, 0.1) is 0 Å². The predicted octanol–water partition coefficient (Wildman–Crippen LogP) is 2.41. The average Bonchev–Trinajstić information content (AvgIpc) is 2.97. The number of amides is 6. The van der Waals surface area contributed by atoms with Crippen molar-refractivity contribution in [3.8, 4) is 0 Å². The van der Waals surface area contributed by atoms with Crippen LogP contribution < -0.4 is 31.9 Å². The van der Waals surface area contributed by atoms with E-state index in [1.165, 1.54) is 20.0 Å². The fourth-order valence-electron chi connectivity index (χ4n) is 4.87. The largest absolute Gasteiger partial charge is 0.467 e. The van der Waals surface area contributed by atoms with Crippen LogP contribution in [0.1, 0.15) is 83.5 Å². The smallest absolute Gasteiger partial charge is 0.407 e. The standard InChI is InChI=1S/C27H48N6O8/c1-39-23(34)22(33-25(36)30-17-19-41-27(38)32-21-12-6-3-7-13-21)14-8-9-15-28-24(35)29-16-18-40-26(37)31-20-10-4-2-5-11-20/h20-22H,2-19H2,1H3,(H,31,37)(H,32,38)(H2,28,29,35)(H2,30,33,36). The van der Waals surface area contributed by atoms with E-state index in [1.54, 1.807) is 0 Å². The summed E-state index contributed by atoms with van der Waals surface area (Å²) in [6.07, 6.45) is 11.1. The molecule has 14 nitrogen and oxygen atoms in total. The summed E-state index contributed by atoms with van der Waals surface area (Å²) in [6, 6.07) is -1.52. The second-order valence-electron chi connectivity index (χ2n) is 10.4. The van der Waals surface area contributed by atoms with Crippen LogP contribution in [0.5, 0.6) is 0 Å². The van der Waals surface area contributed by atoms with Crippen molar-refractivity contribution < 1.29 is 38.2 Å². The third-order valence-corrected chi connectivity index (χ3v) is 7.09. The minimum Gasteiger partial charge on any atom is -0.467 e. The van der Waals surface area contributed by atoms with E-state index in [2.05, 4.69) is 31.9 Å². The summed E-state index contributed by atoms with van der Waals surface area (Å²) in [4.78, 5) is 59.8. The van der Waals surface area contributed by atoms with Crippen molar-refractivity contribution in [2.45, 2.75) is 102 Å². The van der Waals surface area contributed by atoms with Gasteiger partial charge in [0.2, 0.25) is 0 Å². The Morgan fingerprint density at radius 3 is 1.66 bits per heavy atom. The molecule has 1 atom stereocenters. The van der Waals surface area contributed by atoms with Gasteiger partial charge in [-0.25, -0.2) is 24.0 Å². The van der Waals surface area contributed by atoms with E-state index in [4.69, 9.17) is 14.2 Å². The molecule has 0 heterocycles. The van der Waals surface area contributed by atoms with E-state index in [9.17, 15) is 24.0 Å². The maximum absolute atomic E-state index is 12.2. The maximum Gasteiger partial charge on any atom is 0.407 e. The molecule has 0 radical (unpaired) electrons. The second-order valence-corrected chi connectivity index (χ2v) is 10.4. The van der Waals surface area contributed by atoms with Crippen molar-refractivity contribution in [2.24, 2.45) is 0 Å². The first-order chi connectivity index (χ1) is 19.9. The highest BCUT2D eigenvalue weighted by Crippen LogP contribution is 2.18. The molecule has 1 unspecified atom stereocenters. The van der Waals surface area contributed by atoms with Gasteiger partial charge >= 0.3 is 30.2 Å². The summed E-state index contributed by atoms with van der Waals surface area (Å²) < 4.78 is 15.0. The van der Waals surface area contributed by atoms with Crippen LogP contribution in [0.2, 0.25) is 0 Å². The van der Waals surface area contributed by atoms with Gasteiger partial charge in [-0.3, -0.25) is 0 Å². The van der Waals surface area contributed by atoms with Gasteiger partial charge in [0.25, 0.3) is 0 Å². The van der Waals surface area contributed by atoms with Crippen molar-refractivity contribution in [3.05, 3.63) is 0 Å². The lowest BCUT2D eigenvalue weighted by Gasteiger charge is -2.22. The second kappa shape index (κ2) is 20.4. The van der Waals surface area contributed by atoms with Crippen molar-refractivity contribution in [3.63, 3.8) is 0 Å². The van der Waals surface area contributed by atoms with Crippen LogP contribution >= 0.6 is 0 Å². The molecule has 6 amide bonds. The van der Waals surface area contributed by atoms with E-state index in [1.807, 2.05) is 0 Å². The molecule has 6 N–H and O–H groups in total. The number of hydrogen-bond donors (Lipinski definition) is 6. The first kappa shape index (κ1) is 33.8. The molecular weight excluding hydrogens is 536 g/mol. The summed E-state index contributed by atoms with van der Waals surface area (Å²) in [7, 11) is 1.24. The van der Waals surface area contributed by atoms with Gasteiger partial charge < -0.3 is 46.1 Å². The van der Waals surface area contributed by atoms with Gasteiger partial charge in [-0.2, -0.15) is 0 Å². The predicted molar refractivity (Wildman–Crippen MR) is 150 cm³/mol. The number of unbranched alkanes of at least 4 members (excludes halogenated alkanes) is 1. The summed E-state index contributed by atoms with van der Waals surface area (Å²) in [5.74, 6) is -0.582. The van der Waals surface area contributed by atoms with Crippen LogP contribution in [-0.2, 0) is 19.0 Å². The van der Waals surface area contributed by atoms with Crippen LogP contribution in [0.15, 0.2) is 0 Å². The summed E-state index contributed by atoms with van der Waals surface area (Å²) in [5, 5.41) is 16.1. The first-order valence-corrected chi connectivity index (χ1v) is 14.9. The van der Waals surface area contributed by atoms with Gasteiger partial charge in [-0.05, 0) is 44.9 Å². The highest BCUT2D eigenvalue weighted by molar-refractivity contribution is 5.83. The van der Waals surface area contributed by atoms with Gasteiger partial charge in [-0.15, -0.1) is 0 Å². The average molecular weight is 585 g/mol. The van der Waals surface area contributed by atoms with Crippen LogP contribution in [0.4, 0.5) is 19.2 Å². The Morgan fingerprint density at radius 1 is 0.659 bits per heavy atom. The number of methoxy groups -OCH3 is 1. The van der Waals surface area contributed by atoms with Crippen LogP contribution in [-0.4, -0.2) is 88.3 Å². The minimum atomic E-state index is -0.860. The third-order valence-electron chi connectivity index (χ3n) is 7.09. The number of rotatable bonds is 15. The zero-order valence-electron chi connectivity index (χ0n) is 24.2. The molecule has 41 heavy (non-hydrogen) atoms. The Balaban J connectivity index is 1.49. The monoisotopic (exact) mass is 584 g/mol. The number of carbonyl (C=O) groups excluding carboxylic acids is 5. The quantitative estimate of drug-likeness (QED) is 0.0962. The molecule has 0 saturated heterocycles. The van der Waals surface area contributed by atoms with Gasteiger partial charge in [0.1, 0.15) is 19.3 Å². The molecule has 0 aromatic rings. The van der Waals surface area contributed by atoms with E-state index >= 15 is 0 Å². The number of nitrogens with one attached hydrogen (secondary N) is 6. The zero-order chi connectivity index (χ0) is 29.7. The molecule has 0 aromatic heterocycles. The van der Waals surface area contributed by atoms with Crippen molar-refractivity contribution >= 4 is 30.2 Å². The first-order valence-electron chi connectivity index (χ1n) is 14.9. The number of esters is 1. The van der Waals surface area contributed by atoms with Gasteiger partial charge in [0.15, 0.2) is 0 Å². The zero-order valence-corrected chi connectivity index (χ0v) is 24.2. The summed E-state index contributed by atoms with van der Waals surface area (Å²) >= 11 is 0. The summed E-state index contributed by atoms with van der Waals surface area (Å²) in [5.41, 5.74) is 0. The minimum absolute atomic E-state index is 0.00237. The number of ether oxygens (including phenoxy) is 3. The summed E-state index contributed by atoms with van der Waals surface area (Å²) in [6.45, 7) is 0.703. The Morgan fingerprint density at radius 2 is 1.15 bits per heavy atom. The normalized spacial score (nSPS) is 16.4. The van der Waals surface area contributed by atoms with Crippen molar-refractivity contribution in [2.75, 3.05) is 40.0 Å². The van der Waals surface area contributed by atoms with Gasteiger partial charge in [-0.1, -0.05) is 38.5 Å². The van der Waals surface area contributed by atoms with Crippen molar-refractivity contribution in [1.29, 1.82) is 0 Å².